The summed E-state index contributed by atoms with van der Waals surface area (Å²) in [7, 11) is 0. The predicted octanol–water partition coefficient (Wildman–Crippen LogP) is 3.58. The van der Waals surface area contributed by atoms with E-state index in [2.05, 4.69) is 15.5 Å². The molecule has 0 bridgehead atoms. The number of anilines is 1. The Bertz CT molecular complexity index is 975. The molecule has 0 spiro atoms. The lowest BCUT2D eigenvalue weighted by atomic mass is 10.2. The highest BCUT2D eigenvalue weighted by atomic mass is 32.1. The molecule has 0 saturated heterocycles. The molecule has 0 radical (unpaired) electrons. The lowest BCUT2D eigenvalue weighted by molar-refractivity contribution is -0.153. The number of esters is 1. The lowest BCUT2D eigenvalue weighted by Crippen LogP contribution is -2.30. The van der Waals surface area contributed by atoms with Gasteiger partial charge in [-0.3, -0.25) is 9.59 Å². The zero-order valence-corrected chi connectivity index (χ0v) is 15.5. The van der Waals surface area contributed by atoms with Crippen LogP contribution in [0.15, 0.2) is 39.5 Å². The number of amides is 1. The van der Waals surface area contributed by atoms with Gasteiger partial charge < -0.3 is 14.6 Å². The van der Waals surface area contributed by atoms with Gasteiger partial charge in [0.1, 0.15) is 11.6 Å². The first-order chi connectivity index (χ1) is 13.4. The molecule has 0 aliphatic heterocycles. The van der Waals surface area contributed by atoms with E-state index in [9.17, 15) is 18.4 Å². The number of carbonyl (C=O) groups is 2. The molecule has 1 aromatic carbocycles. The Hall–Kier alpha value is -3.14. The van der Waals surface area contributed by atoms with E-state index < -0.39 is 29.6 Å². The molecule has 3 aromatic rings. The number of aryl methyl sites for hydroxylation is 1. The fourth-order valence-electron chi connectivity index (χ4n) is 2.21. The van der Waals surface area contributed by atoms with Gasteiger partial charge in [-0.25, -0.2) is 8.78 Å². The smallest absolute Gasteiger partial charge is 0.307 e. The van der Waals surface area contributed by atoms with E-state index in [1.54, 1.807) is 0 Å². The van der Waals surface area contributed by atoms with E-state index in [1.807, 2.05) is 16.8 Å². The Morgan fingerprint density at radius 2 is 2.14 bits per heavy atom. The largest absolute Gasteiger partial charge is 0.453 e. The highest BCUT2D eigenvalue weighted by molar-refractivity contribution is 7.08. The fourth-order valence-corrected chi connectivity index (χ4v) is 2.85. The maximum atomic E-state index is 13.6. The van der Waals surface area contributed by atoms with Crippen LogP contribution in [0.25, 0.3) is 11.4 Å². The minimum Gasteiger partial charge on any atom is -0.453 e. The van der Waals surface area contributed by atoms with Crippen LogP contribution in [-0.2, 0) is 20.7 Å². The van der Waals surface area contributed by atoms with Crippen LogP contribution in [-0.4, -0.2) is 28.1 Å². The Kier molecular flexibility index (Phi) is 6.09. The Balaban J connectivity index is 1.49. The van der Waals surface area contributed by atoms with Crippen molar-refractivity contribution in [3.63, 3.8) is 0 Å². The maximum absolute atomic E-state index is 13.6. The average molecular weight is 407 g/mol. The third-order valence-corrected chi connectivity index (χ3v) is 4.34. The fraction of sp³-hybridized carbons (Fsp3) is 0.222. The molecule has 1 N–H and O–H groups in total. The number of benzene rings is 1. The van der Waals surface area contributed by atoms with Gasteiger partial charge in [-0.2, -0.15) is 16.3 Å². The number of thiophene rings is 1. The second-order valence-electron chi connectivity index (χ2n) is 5.77. The van der Waals surface area contributed by atoms with Crippen molar-refractivity contribution in [3.8, 4) is 11.4 Å². The summed E-state index contributed by atoms with van der Waals surface area (Å²) in [5.41, 5.74) is 0.483. The van der Waals surface area contributed by atoms with Crippen LogP contribution in [0.1, 0.15) is 19.2 Å². The molecular weight excluding hydrogens is 392 g/mol. The molecule has 0 aliphatic carbocycles. The zero-order chi connectivity index (χ0) is 20.1. The lowest BCUT2D eigenvalue weighted by Gasteiger charge is -2.13. The van der Waals surface area contributed by atoms with E-state index in [0.717, 1.165) is 23.8 Å². The molecule has 2 heterocycles. The SMILES string of the molecule is C[C@H](OC(=O)CCc1nc(-c2ccsc2)no1)C(=O)Nc1cc(F)ccc1F. The monoisotopic (exact) mass is 407 g/mol. The van der Waals surface area contributed by atoms with Gasteiger partial charge in [0.05, 0.1) is 12.1 Å². The van der Waals surface area contributed by atoms with Gasteiger partial charge in [0, 0.05) is 23.4 Å². The maximum Gasteiger partial charge on any atom is 0.307 e. The van der Waals surface area contributed by atoms with E-state index in [4.69, 9.17) is 9.26 Å². The van der Waals surface area contributed by atoms with Gasteiger partial charge in [-0.1, -0.05) is 5.16 Å². The van der Waals surface area contributed by atoms with E-state index in [1.165, 1.54) is 18.3 Å². The third kappa shape index (κ3) is 4.97. The highest BCUT2D eigenvalue weighted by Crippen LogP contribution is 2.19. The van der Waals surface area contributed by atoms with Crippen LogP contribution < -0.4 is 5.32 Å². The number of halogens is 2. The molecule has 3 rings (SSSR count). The molecule has 28 heavy (non-hydrogen) atoms. The molecular formula is C18H15F2N3O4S. The summed E-state index contributed by atoms with van der Waals surface area (Å²) >= 11 is 1.50. The van der Waals surface area contributed by atoms with Crippen molar-refractivity contribution in [1.29, 1.82) is 0 Å². The molecule has 1 amide bonds. The number of ether oxygens (including phenoxy) is 1. The van der Waals surface area contributed by atoms with Crippen LogP contribution in [0.2, 0.25) is 0 Å². The van der Waals surface area contributed by atoms with E-state index in [-0.39, 0.29) is 24.4 Å². The summed E-state index contributed by atoms with van der Waals surface area (Å²) in [6.45, 7) is 1.33. The van der Waals surface area contributed by atoms with Crippen molar-refractivity contribution in [2.75, 3.05) is 5.32 Å². The summed E-state index contributed by atoms with van der Waals surface area (Å²) in [5.74, 6) is -2.27. The van der Waals surface area contributed by atoms with Crippen LogP contribution in [0, 0.1) is 11.6 Å². The molecule has 0 saturated carbocycles. The van der Waals surface area contributed by atoms with Crippen molar-refractivity contribution in [2.45, 2.75) is 25.9 Å². The number of aromatic nitrogens is 2. The first-order valence-corrected chi connectivity index (χ1v) is 9.17. The van der Waals surface area contributed by atoms with Gasteiger partial charge in [0.2, 0.25) is 11.7 Å². The highest BCUT2D eigenvalue weighted by Gasteiger charge is 2.20. The molecule has 0 fully saturated rings. The Morgan fingerprint density at radius 1 is 1.32 bits per heavy atom. The van der Waals surface area contributed by atoms with E-state index >= 15 is 0 Å². The molecule has 2 aromatic heterocycles. The first-order valence-electron chi connectivity index (χ1n) is 8.23. The summed E-state index contributed by atoms with van der Waals surface area (Å²) in [4.78, 5) is 28.1. The first kappa shape index (κ1) is 19.6. The molecule has 10 heteroatoms. The van der Waals surface area contributed by atoms with Crippen molar-refractivity contribution in [2.24, 2.45) is 0 Å². The summed E-state index contributed by atoms with van der Waals surface area (Å²) in [6, 6.07) is 4.49. The zero-order valence-electron chi connectivity index (χ0n) is 14.6. The number of nitrogens with one attached hydrogen (secondary N) is 1. The second-order valence-corrected chi connectivity index (χ2v) is 6.55. The second kappa shape index (κ2) is 8.70. The quantitative estimate of drug-likeness (QED) is 0.602. The Morgan fingerprint density at radius 3 is 2.89 bits per heavy atom. The van der Waals surface area contributed by atoms with Crippen molar-refractivity contribution >= 4 is 28.9 Å². The van der Waals surface area contributed by atoms with Crippen molar-refractivity contribution in [3.05, 3.63) is 52.6 Å². The van der Waals surface area contributed by atoms with Gasteiger partial charge in [0.15, 0.2) is 6.10 Å². The number of rotatable bonds is 7. The van der Waals surface area contributed by atoms with Gasteiger partial charge >= 0.3 is 5.97 Å². The normalized spacial score (nSPS) is 11.8. The topological polar surface area (TPSA) is 94.3 Å². The molecule has 1 atom stereocenters. The average Bonchev–Trinajstić information content (AvgIpc) is 3.34. The Labute approximate surface area is 162 Å². The minimum atomic E-state index is -1.20. The molecule has 0 aliphatic rings. The van der Waals surface area contributed by atoms with Crippen molar-refractivity contribution in [1.82, 2.24) is 10.1 Å². The minimum absolute atomic E-state index is 0.0861. The van der Waals surface area contributed by atoms with Gasteiger partial charge in [0.25, 0.3) is 5.91 Å². The third-order valence-electron chi connectivity index (χ3n) is 3.65. The molecule has 0 unspecified atom stereocenters. The number of hydrogen-bond donors (Lipinski definition) is 1. The van der Waals surface area contributed by atoms with Gasteiger partial charge in [-0.15, -0.1) is 0 Å². The van der Waals surface area contributed by atoms with E-state index in [0.29, 0.717) is 5.82 Å². The van der Waals surface area contributed by atoms with Crippen LogP contribution in [0.5, 0.6) is 0 Å². The summed E-state index contributed by atoms with van der Waals surface area (Å²) < 4.78 is 36.8. The summed E-state index contributed by atoms with van der Waals surface area (Å²) in [6.07, 6.45) is -1.14. The molecule has 7 nitrogen and oxygen atoms in total. The summed E-state index contributed by atoms with van der Waals surface area (Å²) in [5, 5.41) is 9.75. The number of hydrogen-bond acceptors (Lipinski definition) is 7. The van der Waals surface area contributed by atoms with Crippen molar-refractivity contribution < 1.29 is 27.6 Å². The van der Waals surface area contributed by atoms with Crippen LogP contribution >= 0.6 is 11.3 Å². The predicted molar refractivity (Wildman–Crippen MR) is 96.5 cm³/mol. The standard InChI is InChI=1S/C18H15F2N3O4S/c1-10(18(25)21-14-8-12(19)2-3-13(14)20)26-16(24)5-4-15-22-17(23-27-15)11-6-7-28-9-11/h2-3,6-10H,4-5H2,1H3,(H,21,25)/t10-/m0/s1. The number of carbonyl (C=O) groups excluding carboxylic acids is 2. The number of nitrogens with zero attached hydrogens (tertiary/aromatic N) is 2. The van der Waals surface area contributed by atoms with Crippen LogP contribution in [0.4, 0.5) is 14.5 Å². The molecule has 146 valence electrons. The van der Waals surface area contributed by atoms with Crippen LogP contribution in [0.3, 0.4) is 0 Å². The van der Waals surface area contributed by atoms with Gasteiger partial charge in [-0.05, 0) is 30.5 Å².